The Kier molecular flexibility index (Phi) is 8.82. The van der Waals surface area contributed by atoms with Crippen molar-refractivity contribution in [1.82, 2.24) is 15.1 Å². The van der Waals surface area contributed by atoms with Crippen molar-refractivity contribution < 1.29 is 14.0 Å². The lowest BCUT2D eigenvalue weighted by atomic mass is 9.95. The molecule has 2 atom stereocenters. The highest BCUT2D eigenvalue weighted by Crippen LogP contribution is 2.31. The molecule has 0 bridgehead atoms. The van der Waals surface area contributed by atoms with E-state index in [4.69, 9.17) is 28.9 Å². The summed E-state index contributed by atoms with van der Waals surface area (Å²) in [7, 11) is 0. The van der Waals surface area contributed by atoms with E-state index in [0.29, 0.717) is 61.7 Å². The average molecular weight is 551 g/mol. The van der Waals surface area contributed by atoms with Gasteiger partial charge in [-0.05, 0) is 53.8 Å². The van der Waals surface area contributed by atoms with Gasteiger partial charge in [-0.3, -0.25) is 4.79 Å². The van der Waals surface area contributed by atoms with Gasteiger partial charge >= 0.3 is 6.03 Å². The molecule has 2 unspecified atom stereocenters. The second-order valence-corrected chi connectivity index (χ2v) is 11.0. The maximum Gasteiger partial charge on any atom is 0.318 e. The normalized spacial score (nSPS) is 17.8. The zero-order chi connectivity index (χ0) is 26.7. The molecule has 2 aliphatic heterocycles. The number of nitrogens with two attached hydrogens (primary N) is 1. The number of carbonyl (C=O) groups is 2. The zero-order valence-electron chi connectivity index (χ0n) is 21.2. The van der Waals surface area contributed by atoms with Crippen molar-refractivity contribution in [3.8, 4) is 0 Å². The summed E-state index contributed by atoms with van der Waals surface area (Å²) in [5, 5.41) is 3.77. The molecule has 4 rings (SSSR count). The van der Waals surface area contributed by atoms with Gasteiger partial charge in [-0.25, -0.2) is 9.18 Å². The summed E-state index contributed by atoms with van der Waals surface area (Å²) < 4.78 is 14.1. The second kappa shape index (κ2) is 11.9. The lowest BCUT2D eigenvalue weighted by molar-refractivity contribution is -0.136. The SMILES string of the molecule is CC(C)CC(N)c1cc(F)ccc1N1CCN(C(=O)C(Cc2ccc(Cl)cc2Cl)N2CCNC2=O)CC1. The highest BCUT2D eigenvalue weighted by atomic mass is 35.5. The number of hydrogen-bond acceptors (Lipinski definition) is 4. The molecular formula is C27H34Cl2FN5O2. The molecule has 0 radical (unpaired) electrons. The van der Waals surface area contributed by atoms with Gasteiger partial charge in [0.2, 0.25) is 5.91 Å². The quantitative estimate of drug-likeness (QED) is 0.509. The molecule has 0 saturated carbocycles. The Morgan fingerprint density at radius 1 is 1.08 bits per heavy atom. The fourth-order valence-electron chi connectivity index (χ4n) is 5.13. The summed E-state index contributed by atoms with van der Waals surface area (Å²) in [6.45, 7) is 7.26. The number of hydrogen-bond donors (Lipinski definition) is 2. The number of amides is 3. The first kappa shape index (κ1) is 27.5. The molecule has 2 heterocycles. The van der Waals surface area contributed by atoms with Gasteiger partial charge in [0.05, 0.1) is 0 Å². The fourth-order valence-corrected chi connectivity index (χ4v) is 5.62. The van der Waals surface area contributed by atoms with Crippen LogP contribution in [0.3, 0.4) is 0 Å². The number of anilines is 1. The highest BCUT2D eigenvalue weighted by molar-refractivity contribution is 6.35. The topological polar surface area (TPSA) is 81.9 Å². The molecule has 2 fully saturated rings. The largest absolute Gasteiger partial charge is 0.368 e. The zero-order valence-corrected chi connectivity index (χ0v) is 22.7. The first-order chi connectivity index (χ1) is 17.6. The summed E-state index contributed by atoms with van der Waals surface area (Å²) in [5.41, 5.74) is 8.90. The lowest BCUT2D eigenvalue weighted by Crippen LogP contribution is -2.56. The van der Waals surface area contributed by atoms with E-state index in [1.807, 2.05) is 0 Å². The Labute approximate surface area is 227 Å². The number of rotatable bonds is 8. The molecule has 200 valence electrons. The van der Waals surface area contributed by atoms with Crippen molar-refractivity contribution in [3.63, 3.8) is 0 Å². The first-order valence-electron chi connectivity index (χ1n) is 12.7. The molecule has 3 amide bonds. The van der Waals surface area contributed by atoms with Crippen molar-refractivity contribution in [2.75, 3.05) is 44.2 Å². The van der Waals surface area contributed by atoms with E-state index < -0.39 is 6.04 Å². The van der Waals surface area contributed by atoms with Crippen molar-refractivity contribution in [3.05, 3.63) is 63.4 Å². The van der Waals surface area contributed by atoms with E-state index in [2.05, 4.69) is 24.1 Å². The van der Waals surface area contributed by atoms with Crippen LogP contribution in [0.25, 0.3) is 0 Å². The molecule has 2 saturated heterocycles. The number of nitrogens with one attached hydrogen (secondary N) is 1. The summed E-state index contributed by atoms with van der Waals surface area (Å²) in [4.78, 5) is 31.8. The maximum atomic E-state index is 14.1. The summed E-state index contributed by atoms with van der Waals surface area (Å²) in [6.07, 6.45) is 1.05. The van der Waals surface area contributed by atoms with Crippen LogP contribution in [0.1, 0.15) is 37.4 Å². The van der Waals surface area contributed by atoms with Gasteiger partial charge in [0.15, 0.2) is 0 Å². The molecule has 2 aliphatic rings. The van der Waals surface area contributed by atoms with Crippen LogP contribution < -0.4 is 16.0 Å². The van der Waals surface area contributed by atoms with E-state index in [1.165, 1.54) is 12.1 Å². The van der Waals surface area contributed by atoms with E-state index in [-0.39, 0.29) is 23.8 Å². The molecule has 2 aromatic carbocycles. The van der Waals surface area contributed by atoms with Crippen LogP contribution in [0.4, 0.5) is 14.9 Å². The van der Waals surface area contributed by atoms with Gasteiger partial charge in [0.1, 0.15) is 11.9 Å². The first-order valence-corrected chi connectivity index (χ1v) is 13.5. The Morgan fingerprint density at radius 2 is 1.81 bits per heavy atom. The Bertz CT molecular complexity index is 1140. The minimum Gasteiger partial charge on any atom is -0.368 e. The van der Waals surface area contributed by atoms with Gasteiger partial charge in [0.25, 0.3) is 0 Å². The predicted molar refractivity (Wildman–Crippen MR) is 146 cm³/mol. The molecular weight excluding hydrogens is 516 g/mol. The summed E-state index contributed by atoms with van der Waals surface area (Å²) in [6, 6.07) is 8.74. The van der Waals surface area contributed by atoms with E-state index in [0.717, 1.165) is 23.2 Å². The van der Waals surface area contributed by atoms with E-state index in [9.17, 15) is 14.0 Å². The third-order valence-corrected chi connectivity index (χ3v) is 7.61. The molecule has 3 N–H and O–H groups in total. The number of benzene rings is 2. The fraction of sp³-hybridized carbons (Fsp3) is 0.481. The predicted octanol–water partition coefficient (Wildman–Crippen LogP) is 4.46. The van der Waals surface area contributed by atoms with Crippen LogP contribution in [-0.4, -0.2) is 67.0 Å². The molecule has 10 heteroatoms. The Hall–Kier alpha value is -2.55. The van der Waals surface area contributed by atoms with Gasteiger partial charge in [0, 0.05) is 67.5 Å². The number of halogens is 3. The molecule has 0 aliphatic carbocycles. The number of piperazine rings is 1. The van der Waals surface area contributed by atoms with Gasteiger partial charge in [-0.15, -0.1) is 0 Å². The molecule has 0 spiro atoms. The molecule has 0 aromatic heterocycles. The van der Waals surface area contributed by atoms with Gasteiger partial charge in [-0.2, -0.15) is 0 Å². The van der Waals surface area contributed by atoms with Crippen LogP contribution in [-0.2, 0) is 11.2 Å². The maximum absolute atomic E-state index is 14.1. The van der Waals surface area contributed by atoms with Crippen LogP contribution >= 0.6 is 23.2 Å². The summed E-state index contributed by atoms with van der Waals surface area (Å²) >= 11 is 12.5. The molecule has 2 aromatic rings. The average Bonchev–Trinajstić information content (AvgIpc) is 3.28. The second-order valence-electron chi connectivity index (χ2n) is 10.1. The van der Waals surface area contributed by atoms with Crippen molar-refractivity contribution in [1.29, 1.82) is 0 Å². The Balaban J connectivity index is 1.50. The van der Waals surface area contributed by atoms with Gasteiger partial charge in [-0.1, -0.05) is 43.1 Å². The summed E-state index contributed by atoms with van der Waals surface area (Å²) in [5.74, 6) is -0.0348. The van der Waals surface area contributed by atoms with E-state index >= 15 is 0 Å². The lowest BCUT2D eigenvalue weighted by Gasteiger charge is -2.40. The smallest absolute Gasteiger partial charge is 0.318 e. The van der Waals surface area contributed by atoms with Crippen LogP contribution in [0, 0.1) is 11.7 Å². The number of urea groups is 1. The molecule has 7 nitrogen and oxygen atoms in total. The minimum absolute atomic E-state index is 0.112. The third kappa shape index (κ3) is 6.48. The van der Waals surface area contributed by atoms with Crippen LogP contribution in [0.5, 0.6) is 0 Å². The monoisotopic (exact) mass is 549 g/mol. The minimum atomic E-state index is -0.673. The van der Waals surface area contributed by atoms with Crippen molar-refractivity contribution in [2.45, 2.75) is 38.8 Å². The van der Waals surface area contributed by atoms with Gasteiger partial charge < -0.3 is 25.8 Å². The standard InChI is InChI=1S/C27H34Cl2FN5O2/c1-17(2)13-23(31)21-16-20(30)5-6-24(21)33-9-11-34(12-10-33)26(36)25(35-8-7-32-27(35)37)14-18-3-4-19(28)15-22(18)29/h3-6,15-17,23,25H,7-14,31H2,1-2H3,(H,32,37). The highest BCUT2D eigenvalue weighted by Gasteiger charge is 2.37. The number of nitrogens with zero attached hydrogens (tertiary/aromatic N) is 3. The van der Waals surface area contributed by atoms with Crippen molar-refractivity contribution >= 4 is 40.8 Å². The number of carbonyl (C=O) groups excluding carboxylic acids is 2. The van der Waals surface area contributed by atoms with E-state index in [1.54, 1.807) is 34.1 Å². The van der Waals surface area contributed by atoms with Crippen molar-refractivity contribution in [2.24, 2.45) is 11.7 Å². The Morgan fingerprint density at radius 3 is 2.43 bits per heavy atom. The van der Waals surface area contributed by atoms with Crippen LogP contribution in [0.15, 0.2) is 36.4 Å². The van der Waals surface area contributed by atoms with Crippen LogP contribution in [0.2, 0.25) is 10.0 Å². The third-order valence-electron chi connectivity index (χ3n) is 7.03. The molecule has 37 heavy (non-hydrogen) atoms.